The Morgan fingerprint density at radius 1 is 1.24 bits per heavy atom. The summed E-state index contributed by atoms with van der Waals surface area (Å²) in [5, 5.41) is 4.38. The fraction of sp³-hybridized carbons (Fsp3) is 0.167. The van der Waals surface area contributed by atoms with Gasteiger partial charge in [-0.25, -0.2) is 4.39 Å². The van der Waals surface area contributed by atoms with Crippen molar-refractivity contribution in [2.24, 2.45) is 7.05 Å². The van der Waals surface area contributed by atoms with Crippen LogP contribution >= 0.6 is 11.6 Å². The van der Waals surface area contributed by atoms with Crippen LogP contribution in [0.4, 0.5) is 10.1 Å². The van der Waals surface area contributed by atoms with Crippen LogP contribution in [0, 0.1) is 5.82 Å². The predicted molar refractivity (Wildman–Crippen MR) is 92.7 cm³/mol. The number of hydrogen-bond acceptors (Lipinski definition) is 3. The highest BCUT2D eigenvalue weighted by molar-refractivity contribution is 6.31. The number of pyridine rings is 1. The Balaban J connectivity index is 1.71. The summed E-state index contributed by atoms with van der Waals surface area (Å²) in [5.74, 6) is -0.478. The molecule has 0 N–H and O–H groups in total. The Morgan fingerprint density at radius 2 is 2.08 bits per heavy atom. The molecule has 3 aromatic rings. The summed E-state index contributed by atoms with van der Waals surface area (Å²) in [7, 11) is 1.83. The molecule has 5 nitrogen and oxygen atoms in total. The average Bonchev–Trinajstić information content (AvgIpc) is 3.13. The molecule has 7 heteroatoms. The Kier molecular flexibility index (Phi) is 3.77. The molecule has 1 aliphatic heterocycles. The van der Waals surface area contributed by atoms with Crippen molar-refractivity contribution in [2.45, 2.75) is 13.0 Å². The van der Waals surface area contributed by atoms with Crippen molar-refractivity contribution >= 4 is 23.2 Å². The predicted octanol–water partition coefficient (Wildman–Crippen LogP) is 3.36. The molecule has 1 aromatic carbocycles. The Morgan fingerprint density at radius 3 is 2.80 bits per heavy atom. The highest BCUT2D eigenvalue weighted by Gasteiger charge is 2.29. The van der Waals surface area contributed by atoms with Crippen LogP contribution in [0.2, 0.25) is 5.02 Å². The minimum absolute atomic E-state index is 0.0116. The SMILES string of the molecule is Cn1ccc(CN2C(=O)Cc3ncc(-c4ccc(F)c(Cl)c4)cc32)n1. The molecular weight excluding hydrogens is 343 g/mol. The number of rotatable bonds is 3. The molecular formula is C18H14ClFN4O. The van der Waals surface area contributed by atoms with Crippen LogP contribution in [0.15, 0.2) is 42.7 Å². The summed E-state index contributed by atoms with van der Waals surface area (Å²) in [5.41, 5.74) is 3.82. The number of carbonyl (C=O) groups is 1. The summed E-state index contributed by atoms with van der Waals surface area (Å²) >= 11 is 5.87. The van der Waals surface area contributed by atoms with Gasteiger partial charge >= 0.3 is 0 Å². The minimum Gasteiger partial charge on any atom is -0.304 e. The number of carbonyl (C=O) groups excluding carboxylic acids is 1. The zero-order valence-electron chi connectivity index (χ0n) is 13.4. The van der Waals surface area contributed by atoms with Gasteiger partial charge in [-0.1, -0.05) is 17.7 Å². The fourth-order valence-corrected chi connectivity index (χ4v) is 3.12. The van der Waals surface area contributed by atoms with Gasteiger partial charge in [-0.2, -0.15) is 5.10 Å². The molecule has 0 unspecified atom stereocenters. The molecule has 0 bridgehead atoms. The van der Waals surface area contributed by atoms with Gasteiger partial charge in [0.05, 0.1) is 35.1 Å². The van der Waals surface area contributed by atoms with Crippen molar-refractivity contribution in [3.63, 3.8) is 0 Å². The van der Waals surface area contributed by atoms with E-state index < -0.39 is 5.82 Å². The first kappa shape index (κ1) is 15.8. The number of benzene rings is 1. The van der Waals surface area contributed by atoms with Gasteiger partial charge in [0.25, 0.3) is 0 Å². The summed E-state index contributed by atoms with van der Waals surface area (Å²) in [6.07, 6.45) is 3.79. The standard InChI is InChI=1S/C18H14ClFN4O/c1-23-5-4-13(22-23)10-24-17-7-12(9-21-16(17)8-18(24)25)11-2-3-15(20)14(19)6-11/h2-7,9H,8,10H2,1H3. The zero-order chi connectivity index (χ0) is 17.6. The third-order valence-electron chi connectivity index (χ3n) is 4.20. The lowest BCUT2D eigenvalue weighted by molar-refractivity contribution is -0.117. The molecule has 0 spiro atoms. The van der Waals surface area contributed by atoms with E-state index in [0.29, 0.717) is 6.54 Å². The number of aromatic nitrogens is 3. The number of amides is 1. The summed E-state index contributed by atoms with van der Waals surface area (Å²) in [4.78, 5) is 18.5. The largest absolute Gasteiger partial charge is 0.304 e. The fourth-order valence-electron chi connectivity index (χ4n) is 2.94. The van der Waals surface area contributed by atoms with Crippen molar-refractivity contribution in [1.82, 2.24) is 14.8 Å². The topological polar surface area (TPSA) is 51.0 Å². The molecule has 0 fully saturated rings. The first-order chi connectivity index (χ1) is 12.0. The molecule has 3 heterocycles. The van der Waals surface area contributed by atoms with Gasteiger partial charge in [-0.3, -0.25) is 14.5 Å². The third kappa shape index (κ3) is 2.89. The van der Waals surface area contributed by atoms with E-state index in [1.807, 2.05) is 25.4 Å². The normalized spacial score (nSPS) is 13.4. The molecule has 0 saturated carbocycles. The van der Waals surface area contributed by atoms with E-state index >= 15 is 0 Å². The molecule has 1 amide bonds. The lowest BCUT2D eigenvalue weighted by Gasteiger charge is -2.16. The molecule has 1 aliphatic rings. The first-order valence-electron chi connectivity index (χ1n) is 7.74. The Hall–Kier alpha value is -2.73. The monoisotopic (exact) mass is 356 g/mol. The van der Waals surface area contributed by atoms with Gasteiger partial charge in [0.1, 0.15) is 5.82 Å². The molecule has 0 atom stereocenters. The van der Waals surface area contributed by atoms with Crippen molar-refractivity contribution in [3.05, 3.63) is 65.0 Å². The van der Waals surface area contributed by atoms with Crippen molar-refractivity contribution in [2.75, 3.05) is 4.90 Å². The summed E-state index contributed by atoms with van der Waals surface area (Å²) in [6.45, 7) is 0.391. The maximum absolute atomic E-state index is 13.4. The third-order valence-corrected chi connectivity index (χ3v) is 4.49. The second-order valence-electron chi connectivity index (χ2n) is 5.96. The van der Waals surface area contributed by atoms with E-state index in [-0.39, 0.29) is 17.4 Å². The van der Waals surface area contributed by atoms with E-state index in [2.05, 4.69) is 10.1 Å². The van der Waals surface area contributed by atoms with E-state index in [9.17, 15) is 9.18 Å². The van der Waals surface area contributed by atoms with Crippen molar-refractivity contribution in [1.29, 1.82) is 0 Å². The van der Waals surface area contributed by atoms with Crippen LogP contribution in [0.1, 0.15) is 11.4 Å². The molecule has 0 radical (unpaired) electrons. The molecule has 2 aromatic heterocycles. The maximum Gasteiger partial charge on any atom is 0.233 e. The minimum atomic E-state index is -0.466. The Bertz CT molecular complexity index is 985. The summed E-state index contributed by atoms with van der Waals surface area (Å²) in [6, 6.07) is 8.29. The Labute approximate surface area is 148 Å². The van der Waals surface area contributed by atoms with E-state index in [1.54, 1.807) is 27.9 Å². The van der Waals surface area contributed by atoms with Crippen LogP contribution in [0.5, 0.6) is 0 Å². The van der Waals surface area contributed by atoms with Gasteiger partial charge < -0.3 is 4.90 Å². The van der Waals surface area contributed by atoms with E-state index in [4.69, 9.17) is 11.6 Å². The van der Waals surface area contributed by atoms with E-state index in [0.717, 1.165) is 28.2 Å². The molecule has 0 saturated heterocycles. The number of hydrogen-bond donors (Lipinski definition) is 0. The lowest BCUT2D eigenvalue weighted by Crippen LogP contribution is -2.26. The number of halogens is 2. The van der Waals surface area contributed by atoms with E-state index in [1.165, 1.54) is 6.07 Å². The quantitative estimate of drug-likeness (QED) is 0.723. The highest BCUT2D eigenvalue weighted by Crippen LogP contribution is 2.33. The number of anilines is 1. The van der Waals surface area contributed by atoms with Crippen LogP contribution in [0.3, 0.4) is 0 Å². The molecule has 4 rings (SSSR count). The van der Waals surface area contributed by atoms with Crippen LogP contribution < -0.4 is 4.90 Å². The molecule has 0 aliphatic carbocycles. The van der Waals surface area contributed by atoms with Crippen LogP contribution in [0.25, 0.3) is 11.1 Å². The smallest absolute Gasteiger partial charge is 0.233 e. The molecule has 126 valence electrons. The first-order valence-corrected chi connectivity index (χ1v) is 8.12. The number of aryl methyl sites for hydroxylation is 1. The van der Waals surface area contributed by atoms with Crippen molar-refractivity contribution in [3.8, 4) is 11.1 Å². The van der Waals surface area contributed by atoms with Crippen LogP contribution in [-0.4, -0.2) is 20.7 Å². The zero-order valence-corrected chi connectivity index (χ0v) is 14.2. The lowest BCUT2D eigenvalue weighted by atomic mass is 10.1. The molecule has 25 heavy (non-hydrogen) atoms. The van der Waals surface area contributed by atoms with Gasteiger partial charge in [-0.15, -0.1) is 0 Å². The van der Waals surface area contributed by atoms with Gasteiger partial charge in [0.15, 0.2) is 0 Å². The van der Waals surface area contributed by atoms with Crippen LogP contribution in [-0.2, 0) is 24.8 Å². The van der Waals surface area contributed by atoms with Gasteiger partial charge in [-0.05, 0) is 29.8 Å². The highest BCUT2D eigenvalue weighted by atomic mass is 35.5. The van der Waals surface area contributed by atoms with Crippen molar-refractivity contribution < 1.29 is 9.18 Å². The second kappa shape index (κ2) is 5.97. The average molecular weight is 357 g/mol. The van der Waals surface area contributed by atoms with Gasteiger partial charge in [0, 0.05) is 25.0 Å². The summed E-state index contributed by atoms with van der Waals surface area (Å²) < 4.78 is 15.1. The number of fused-ring (bicyclic) bond motifs is 1. The number of nitrogens with zero attached hydrogens (tertiary/aromatic N) is 4. The second-order valence-corrected chi connectivity index (χ2v) is 6.36. The van der Waals surface area contributed by atoms with Gasteiger partial charge in [0.2, 0.25) is 5.91 Å². The maximum atomic E-state index is 13.4.